The fraction of sp³-hybridized carbons (Fsp3) is 0.385. The SMILES string of the molecule is CC(C)c1cccc(C=CCCO)c1. The Morgan fingerprint density at radius 2 is 2.14 bits per heavy atom. The zero-order chi connectivity index (χ0) is 10.4. The maximum Gasteiger partial charge on any atom is 0.0465 e. The van der Waals surface area contributed by atoms with Gasteiger partial charge in [-0.15, -0.1) is 0 Å². The molecule has 0 radical (unpaired) electrons. The van der Waals surface area contributed by atoms with E-state index in [0.29, 0.717) is 5.92 Å². The predicted octanol–water partition coefficient (Wildman–Crippen LogP) is 3.21. The summed E-state index contributed by atoms with van der Waals surface area (Å²) in [6.07, 6.45) is 4.79. The first kappa shape index (κ1) is 11.0. The van der Waals surface area contributed by atoms with Crippen LogP contribution in [0.2, 0.25) is 0 Å². The van der Waals surface area contributed by atoms with Gasteiger partial charge in [0.1, 0.15) is 0 Å². The minimum Gasteiger partial charge on any atom is -0.396 e. The van der Waals surface area contributed by atoms with Gasteiger partial charge in [-0.2, -0.15) is 0 Å². The monoisotopic (exact) mass is 190 g/mol. The first-order valence-corrected chi connectivity index (χ1v) is 5.11. The van der Waals surface area contributed by atoms with E-state index in [0.717, 1.165) is 6.42 Å². The van der Waals surface area contributed by atoms with Crippen molar-refractivity contribution in [3.63, 3.8) is 0 Å². The van der Waals surface area contributed by atoms with Crippen LogP contribution in [0.3, 0.4) is 0 Å². The summed E-state index contributed by atoms with van der Waals surface area (Å²) in [6.45, 7) is 4.60. The Hall–Kier alpha value is -1.08. The van der Waals surface area contributed by atoms with E-state index in [1.54, 1.807) is 0 Å². The molecule has 0 amide bonds. The molecule has 0 fully saturated rings. The quantitative estimate of drug-likeness (QED) is 0.773. The average Bonchev–Trinajstić information content (AvgIpc) is 2.19. The van der Waals surface area contributed by atoms with Crippen molar-refractivity contribution < 1.29 is 5.11 Å². The highest BCUT2D eigenvalue weighted by Crippen LogP contribution is 2.16. The molecule has 0 aliphatic carbocycles. The number of benzene rings is 1. The minimum absolute atomic E-state index is 0.223. The van der Waals surface area contributed by atoms with Crippen LogP contribution in [0.5, 0.6) is 0 Å². The summed E-state index contributed by atoms with van der Waals surface area (Å²) >= 11 is 0. The van der Waals surface area contributed by atoms with E-state index >= 15 is 0 Å². The lowest BCUT2D eigenvalue weighted by Gasteiger charge is -2.05. The zero-order valence-electron chi connectivity index (χ0n) is 8.90. The van der Waals surface area contributed by atoms with Gasteiger partial charge in [-0.05, 0) is 23.5 Å². The molecule has 1 N–H and O–H groups in total. The third-order valence-electron chi connectivity index (χ3n) is 2.18. The van der Waals surface area contributed by atoms with Crippen molar-refractivity contribution >= 4 is 6.08 Å². The molecule has 0 saturated heterocycles. The lowest BCUT2D eigenvalue weighted by Crippen LogP contribution is -1.86. The molecule has 0 atom stereocenters. The lowest BCUT2D eigenvalue weighted by molar-refractivity contribution is 0.303. The molecule has 1 aromatic carbocycles. The molecule has 0 saturated carbocycles. The van der Waals surface area contributed by atoms with Crippen LogP contribution in [0.25, 0.3) is 6.08 Å². The van der Waals surface area contributed by atoms with Crippen LogP contribution in [0.15, 0.2) is 30.3 Å². The normalized spacial score (nSPS) is 11.4. The number of aliphatic hydroxyl groups is 1. The maximum atomic E-state index is 8.64. The molecule has 0 spiro atoms. The van der Waals surface area contributed by atoms with E-state index in [9.17, 15) is 0 Å². The highest BCUT2D eigenvalue weighted by molar-refractivity contribution is 5.50. The molecule has 1 nitrogen and oxygen atoms in total. The van der Waals surface area contributed by atoms with Gasteiger partial charge in [0.05, 0.1) is 0 Å². The standard InChI is InChI=1S/C13H18O/c1-11(2)13-8-5-7-12(10-13)6-3-4-9-14/h3,5-8,10-11,14H,4,9H2,1-2H3. The molecular formula is C13H18O. The minimum atomic E-state index is 0.223. The van der Waals surface area contributed by atoms with Crippen molar-refractivity contribution in [3.8, 4) is 0 Å². The molecule has 0 heterocycles. The van der Waals surface area contributed by atoms with E-state index in [-0.39, 0.29) is 6.61 Å². The predicted molar refractivity (Wildman–Crippen MR) is 61.3 cm³/mol. The second-order valence-electron chi connectivity index (χ2n) is 3.74. The summed E-state index contributed by atoms with van der Waals surface area (Å²) in [5, 5.41) is 8.64. The van der Waals surface area contributed by atoms with Gasteiger partial charge in [-0.25, -0.2) is 0 Å². The van der Waals surface area contributed by atoms with Crippen LogP contribution in [-0.2, 0) is 0 Å². The van der Waals surface area contributed by atoms with Gasteiger partial charge in [0.15, 0.2) is 0 Å². The van der Waals surface area contributed by atoms with Crippen molar-refractivity contribution in [3.05, 3.63) is 41.5 Å². The molecular weight excluding hydrogens is 172 g/mol. The van der Waals surface area contributed by atoms with Crippen molar-refractivity contribution in [2.75, 3.05) is 6.61 Å². The highest BCUT2D eigenvalue weighted by atomic mass is 16.2. The molecule has 0 unspecified atom stereocenters. The summed E-state index contributed by atoms with van der Waals surface area (Å²) in [4.78, 5) is 0. The van der Waals surface area contributed by atoms with E-state index in [1.165, 1.54) is 11.1 Å². The smallest absolute Gasteiger partial charge is 0.0465 e. The Morgan fingerprint density at radius 1 is 1.36 bits per heavy atom. The Kier molecular flexibility index (Phi) is 4.41. The zero-order valence-corrected chi connectivity index (χ0v) is 8.90. The van der Waals surface area contributed by atoms with Crippen molar-refractivity contribution in [2.45, 2.75) is 26.2 Å². The summed E-state index contributed by atoms with van der Waals surface area (Å²) in [5.74, 6) is 0.571. The molecule has 1 aromatic rings. The Morgan fingerprint density at radius 3 is 2.79 bits per heavy atom. The second-order valence-corrected chi connectivity index (χ2v) is 3.74. The molecule has 0 aliphatic rings. The largest absolute Gasteiger partial charge is 0.396 e. The summed E-state index contributed by atoms with van der Waals surface area (Å²) in [6, 6.07) is 8.50. The van der Waals surface area contributed by atoms with Gasteiger partial charge >= 0.3 is 0 Å². The van der Waals surface area contributed by atoms with Gasteiger partial charge in [-0.3, -0.25) is 0 Å². The van der Waals surface area contributed by atoms with Crippen molar-refractivity contribution in [1.29, 1.82) is 0 Å². The summed E-state index contributed by atoms with van der Waals surface area (Å²) in [5.41, 5.74) is 2.57. The van der Waals surface area contributed by atoms with Gasteiger partial charge in [0, 0.05) is 6.61 Å². The number of hydrogen-bond acceptors (Lipinski definition) is 1. The lowest BCUT2D eigenvalue weighted by atomic mass is 10.0. The molecule has 76 valence electrons. The second kappa shape index (κ2) is 5.61. The highest BCUT2D eigenvalue weighted by Gasteiger charge is 1.97. The molecule has 1 rings (SSSR count). The Labute approximate surface area is 86.1 Å². The number of aliphatic hydroxyl groups excluding tert-OH is 1. The van der Waals surface area contributed by atoms with Crippen LogP contribution >= 0.6 is 0 Å². The van der Waals surface area contributed by atoms with Gasteiger partial charge in [0.2, 0.25) is 0 Å². The molecule has 0 aromatic heterocycles. The van der Waals surface area contributed by atoms with Crippen LogP contribution in [0.1, 0.15) is 37.3 Å². The van der Waals surface area contributed by atoms with Gasteiger partial charge < -0.3 is 5.11 Å². The summed E-state index contributed by atoms with van der Waals surface area (Å²) < 4.78 is 0. The van der Waals surface area contributed by atoms with E-state index in [4.69, 9.17) is 5.11 Å². The molecule has 0 bridgehead atoms. The first-order chi connectivity index (χ1) is 6.74. The van der Waals surface area contributed by atoms with Crippen LogP contribution in [0, 0.1) is 0 Å². The number of rotatable bonds is 4. The Balaban J connectivity index is 2.73. The van der Waals surface area contributed by atoms with Crippen LogP contribution in [0.4, 0.5) is 0 Å². The fourth-order valence-corrected chi connectivity index (χ4v) is 1.32. The summed E-state index contributed by atoms with van der Waals surface area (Å²) in [7, 11) is 0. The van der Waals surface area contributed by atoms with Crippen LogP contribution in [-0.4, -0.2) is 11.7 Å². The number of hydrogen-bond donors (Lipinski definition) is 1. The molecule has 14 heavy (non-hydrogen) atoms. The molecule has 1 heteroatoms. The Bertz CT molecular complexity index is 300. The van der Waals surface area contributed by atoms with E-state index < -0.39 is 0 Å². The van der Waals surface area contributed by atoms with E-state index in [1.807, 2.05) is 6.08 Å². The third-order valence-corrected chi connectivity index (χ3v) is 2.18. The fourth-order valence-electron chi connectivity index (χ4n) is 1.32. The van der Waals surface area contributed by atoms with Crippen molar-refractivity contribution in [2.24, 2.45) is 0 Å². The first-order valence-electron chi connectivity index (χ1n) is 5.11. The van der Waals surface area contributed by atoms with Crippen LogP contribution < -0.4 is 0 Å². The topological polar surface area (TPSA) is 20.2 Å². The maximum absolute atomic E-state index is 8.64. The molecule has 0 aliphatic heterocycles. The average molecular weight is 190 g/mol. The van der Waals surface area contributed by atoms with Gasteiger partial charge in [-0.1, -0.05) is 50.3 Å². The van der Waals surface area contributed by atoms with E-state index in [2.05, 4.69) is 44.2 Å². The van der Waals surface area contributed by atoms with Crippen molar-refractivity contribution in [1.82, 2.24) is 0 Å². The van der Waals surface area contributed by atoms with Gasteiger partial charge in [0.25, 0.3) is 0 Å². The third kappa shape index (κ3) is 3.35.